The molecule has 1 saturated heterocycles. The highest BCUT2D eigenvalue weighted by atomic mass is 19.1. The van der Waals surface area contributed by atoms with Crippen LogP contribution in [0.1, 0.15) is 23.2 Å². The Morgan fingerprint density at radius 3 is 2.84 bits per heavy atom. The van der Waals surface area contributed by atoms with Gasteiger partial charge in [-0.3, -0.25) is 4.79 Å². The number of hydrogen-bond donors (Lipinski definition) is 1. The summed E-state index contributed by atoms with van der Waals surface area (Å²) in [7, 11) is 1.38. The van der Waals surface area contributed by atoms with Crippen molar-refractivity contribution in [2.75, 3.05) is 13.7 Å². The average Bonchev–Trinajstić information content (AvgIpc) is 2.87. The molecule has 6 heteroatoms. The third-order valence-electron chi connectivity index (χ3n) is 3.19. The third kappa shape index (κ3) is 2.52. The van der Waals surface area contributed by atoms with Crippen molar-refractivity contribution in [1.82, 2.24) is 4.90 Å². The Kier molecular flexibility index (Phi) is 3.69. The maximum atomic E-state index is 13.2. The normalized spacial score (nSPS) is 18.4. The molecule has 1 atom stereocenters. The molecule has 1 aromatic carbocycles. The molecule has 0 unspecified atom stereocenters. The van der Waals surface area contributed by atoms with E-state index in [1.54, 1.807) is 0 Å². The highest BCUT2D eigenvalue weighted by molar-refractivity contribution is 5.99. The maximum Gasteiger partial charge on any atom is 0.326 e. The van der Waals surface area contributed by atoms with Crippen LogP contribution in [-0.4, -0.2) is 41.6 Å². The van der Waals surface area contributed by atoms with Gasteiger partial charge in [0.05, 0.1) is 12.7 Å². The van der Waals surface area contributed by atoms with Crippen LogP contribution in [0.25, 0.3) is 0 Å². The zero-order valence-corrected chi connectivity index (χ0v) is 10.4. The first kappa shape index (κ1) is 13.3. The zero-order valence-electron chi connectivity index (χ0n) is 10.4. The third-order valence-corrected chi connectivity index (χ3v) is 3.19. The van der Waals surface area contributed by atoms with Gasteiger partial charge in [-0.05, 0) is 31.0 Å². The van der Waals surface area contributed by atoms with Gasteiger partial charge < -0.3 is 14.7 Å². The first-order valence-electron chi connectivity index (χ1n) is 5.92. The number of ether oxygens (including phenoxy) is 1. The SMILES string of the molecule is COc1ccc(F)cc1C(=O)N1CCC[C@H]1C(=O)O. The van der Waals surface area contributed by atoms with Crippen LogP contribution in [0.5, 0.6) is 5.75 Å². The number of carbonyl (C=O) groups excluding carboxylic acids is 1. The largest absolute Gasteiger partial charge is 0.496 e. The Balaban J connectivity index is 2.33. The highest BCUT2D eigenvalue weighted by Crippen LogP contribution is 2.25. The highest BCUT2D eigenvalue weighted by Gasteiger charge is 2.35. The molecule has 1 amide bonds. The van der Waals surface area contributed by atoms with E-state index in [4.69, 9.17) is 9.84 Å². The predicted molar refractivity (Wildman–Crippen MR) is 64.6 cm³/mol. The van der Waals surface area contributed by atoms with Crippen LogP contribution in [0.4, 0.5) is 4.39 Å². The average molecular weight is 267 g/mol. The molecule has 1 N–H and O–H groups in total. The summed E-state index contributed by atoms with van der Waals surface area (Å²) >= 11 is 0. The number of hydrogen-bond acceptors (Lipinski definition) is 3. The van der Waals surface area contributed by atoms with E-state index in [0.29, 0.717) is 19.4 Å². The monoisotopic (exact) mass is 267 g/mol. The molecule has 0 saturated carbocycles. The second kappa shape index (κ2) is 5.26. The van der Waals surface area contributed by atoms with Crippen LogP contribution in [0.2, 0.25) is 0 Å². The number of carboxylic acid groups (broad SMARTS) is 1. The fraction of sp³-hybridized carbons (Fsp3) is 0.385. The zero-order chi connectivity index (χ0) is 14.0. The van der Waals surface area contributed by atoms with Crippen LogP contribution < -0.4 is 4.74 Å². The molecule has 0 aromatic heterocycles. The Bertz CT molecular complexity index is 517. The molecule has 102 valence electrons. The molecule has 1 aliphatic rings. The van der Waals surface area contributed by atoms with Gasteiger partial charge in [0.2, 0.25) is 0 Å². The summed E-state index contributed by atoms with van der Waals surface area (Å²) in [6, 6.07) is 2.77. The quantitative estimate of drug-likeness (QED) is 0.901. The lowest BCUT2D eigenvalue weighted by Crippen LogP contribution is -2.40. The minimum atomic E-state index is -1.04. The van der Waals surface area contributed by atoms with Gasteiger partial charge >= 0.3 is 5.97 Å². The van der Waals surface area contributed by atoms with Crippen LogP contribution in [0, 0.1) is 5.82 Å². The van der Waals surface area contributed by atoms with Gasteiger partial charge in [-0.1, -0.05) is 0 Å². The predicted octanol–water partition coefficient (Wildman–Crippen LogP) is 1.52. The first-order valence-corrected chi connectivity index (χ1v) is 5.92. The lowest BCUT2D eigenvalue weighted by atomic mass is 10.1. The maximum absolute atomic E-state index is 13.2. The summed E-state index contributed by atoms with van der Waals surface area (Å²) in [5, 5.41) is 9.06. The molecule has 1 aliphatic heterocycles. The fourth-order valence-electron chi connectivity index (χ4n) is 2.27. The molecule has 1 heterocycles. The molecular formula is C13H14FNO4. The molecule has 0 radical (unpaired) electrons. The number of likely N-dealkylation sites (tertiary alicyclic amines) is 1. The fourth-order valence-corrected chi connectivity index (χ4v) is 2.27. The summed E-state index contributed by atoms with van der Waals surface area (Å²) in [5.41, 5.74) is 0.0515. The summed E-state index contributed by atoms with van der Waals surface area (Å²) < 4.78 is 18.3. The smallest absolute Gasteiger partial charge is 0.326 e. The van der Waals surface area contributed by atoms with E-state index in [-0.39, 0.29) is 11.3 Å². The van der Waals surface area contributed by atoms with Gasteiger partial charge in [0.15, 0.2) is 0 Å². The van der Waals surface area contributed by atoms with Crippen molar-refractivity contribution in [3.05, 3.63) is 29.6 Å². The van der Waals surface area contributed by atoms with Crippen molar-refractivity contribution in [2.24, 2.45) is 0 Å². The summed E-state index contributed by atoms with van der Waals surface area (Å²) in [5.74, 6) is -1.87. The lowest BCUT2D eigenvalue weighted by molar-refractivity contribution is -0.141. The van der Waals surface area contributed by atoms with Crippen molar-refractivity contribution in [2.45, 2.75) is 18.9 Å². The number of halogens is 1. The van der Waals surface area contributed by atoms with Crippen LogP contribution in [0.15, 0.2) is 18.2 Å². The molecule has 1 aromatic rings. The first-order chi connectivity index (χ1) is 9.04. The van der Waals surface area contributed by atoms with E-state index in [9.17, 15) is 14.0 Å². The van der Waals surface area contributed by atoms with Crippen molar-refractivity contribution < 1.29 is 23.8 Å². The van der Waals surface area contributed by atoms with Gasteiger partial charge in [0.25, 0.3) is 5.91 Å². The van der Waals surface area contributed by atoms with Gasteiger partial charge in [0, 0.05) is 6.54 Å². The van der Waals surface area contributed by atoms with Crippen LogP contribution in [-0.2, 0) is 4.79 Å². The van der Waals surface area contributed by atoms with Crippen LogP contribution in [0.3, 0.4) is 0 Å². The number of carbonyl (C=O) groups is 2. The van der Waals surface area contributed by atoms with Gasteiger partial charge in [-0.25, -0.2) is 9.18 Å². The van der Waals surface area contributed by atoms with E-state index in [2.05, 4.69) is 0 Å². The Hall–Kier alpha value is -2.11. The molecule has 1 fully saturated rings. The molecule has 0 aliphatic carbocycles. The topological polar surface area (TPSA) is 66.8 Å². The molecule has 2 rings (SSSR count). The van der Waals surface area contributed by atoms with Crippen LogP contribution >= 0.6 is 0 Å². The second-order valence-electron chi connectivity index (χ2n) is 4.34. The number of nitrogens with zero attached hydrogens (tertiary/aromatic N) is 1. The number of benzene rings is 1. The van der Waals surface area contributed by atoms with E-state index < -0.39 is 23.7 Å². The Morgan fingerprint density at radius 2 is 2.21 bits per heavy atom. The molecule has 5 nitrogen and oxygen atoms in total. The molecule has 0 spiro atoms. The van der Waals surface area contributed by atoms with Gasteiger partial charge in [0.1, 0.15) is 17.6 Å². The number of aliphatic carboxylic acids is 1. The van der Waals surface area contributed by atoms with Crippen molar-refractivity contribution >= 4 is 11.9 Å². The Morgan fingerprint density at radius 1 is 1.47 bits per heavy atom. The van der Waals surface area contributed by atoms with E-state index in [1.807, 2.05) is 0 Å². The second-order valence-corrected chi connectivity index (χ2v) is 4.34. The van der Waals surface area contributed by atoms with Crippen molar-refractivity contribution in [3.8, 4) is 5.75 Å². The minimum absolute atomic E-state index is 0.0515. The van der Waals surface area contributed by atoms with E-state index in [0.717, 1.165) is 6.07 Å². The molecular weight excluding hydrogens is 253 g/mol. The number of methoxy groups -OCH3 is 1. The number of rotatable bonds is 3. The van der Waals surface area contributed by atoms with Crippen molar-refractivity contribution in [1.29, 1.82) is 0 Å². The van der Waals surface area contributed by atoms with E-state index >= 15 is 0 Å². The summed E-state index contributed by atoms with van der Waals surface area (Å²) in [6.07, 6.45) is 1.04. The Labute approximate surface area is 109 Å². The van der Waals surface area contributed by atoms with Gasteiger partial charge in [-0.2, -0.15) is 0 Å². The lowest BCUT2D eigenvalue weighted by Gasteiger charge is -2.22. The molecule has 19 heavy (non-hydrogen) atoms. The number of carboxylic acids is 1. The standard InChI is InChI=1S/C13H14FNO4/c1-19-11-5-4-8(14)7-9(11)12(16)15-6-2-3-10(15)13(17)18/h4-5,7,10H,2-3,6H2,1H3,(H,17,18)/t10-/m0/s1. The number of amides is 1. The van der Waals surface area contributed by atoms with Gasteiger partial charge in [-0.15, -0.1) is 0 Å². The summed E-state index contributed by atoms with van der Waals surface area (Å²) in [6.45, 7) is 0.357. The molecule has 0 bridgehead atoms. The summed E-state index contributed by atoms with van der Waals surface area (Å²) in [4.78, 5) is 24.6. The van der Waals surface area contributed by atoms with Crippen molar-refractivity contribution in [3.63, 3.8) is 0 Å². The van der Waals surface area contributed by atoms with E-state index in [1.165, 1.54) is 24.1 Å². The minimum Gasteiger partial charge on any atom is -0.496 e.